The molecule has 4 N–H and O–H groups in total. The molecule has 0 aromatic carbocycles. The van der Waals surface area contributed by atoms with Crippen LogP contribution in [0.2, 0.25) is 0 Å². The number of amides is 1. The molecule has 1 saturated heterocycles. The zero-order chi connectivity index (χ0) is 22.4. The zero-order valence-electron chi connectivity index (χ0n) is 18.8. The Kier molecular flexibility index (Phi) is 6.61. The third kappa shape index (κ3) is 3.78. The van der Waals surface area contributed by atoms with E-state index in [0.717, 1.165) is 12.0 Å². The van der Waals surface area contributed by atoms with Crippen molar-refractivity contribution in [1.29, 1.82) is 0 Å². The molecule has 0 unspecified atom stereocenters. The van der Waals surface area contributed by atoms with Gasteiger partial charge in [0.05, 0.1) is 12.2 Å². The Morgan fingerprint density at radius 3 is 2.43 bits per heavy atom. The first kappa shape index (κ1) is 23.2. The third-order valence-corrected chi connectivity index (χ3v) is 7.54. The maximum atomic E-state index is 13.8. The lowest BCUT2D eigenvalue weighted by Gasteiger charge is -2.45. The second-order valence-electron chi connectivity index (χ2n) is 10.1. The van der Waals surface area contributed by atoms with Crippen LogP contribution in [0.3, 0.4) is 0 Å². The van der Waals surface area contributed by atoms with Gasteiger partial charge in [0.2, 0.25) is 5.91 Å². The third-order valence-electron chi connectivity index (χ3n) is 7.54. The SMILES string of the molecule is CC1=C[C@@H]2/C=C(/C)CC[C@H](O)[C@H](O)[C@H](O)CC(=O)[C@]23C(=O)N[C@@H](CC(C)C)[C@@H]3[C@H]1C. The van der Waals surface area contributed by atoms with Crippen molar-refractivity contribution in [3.8, 4) is 0 Å². The molecule has 1 heterocycles. The minimum Gasteiger partial charge on any atom is -0.390 e. The van der Waals surface area contributed by atoms with E-state index in [-0.39, 0.29) is 36.0 Å². The second-order valence-corrected chi connectivity index (χ2v) is 10.1. The van der Waals surface area contributed by atoms with Crippen molar-refractivity contribution < 1.29 is 24.9 Å². The molecular formula is C24H37NO5. The molecule has 0 bridgehead atoms. The molecular weight excluding hydrogens is 382 g/mol. The molecule has 6 nitrogen and oxygen atoms in total. The normalized spacial score (nSPS) is 44.4. The number of hydrogen-bond donors (Lipinski definition) is 4. The molecule has 3 aliphatic rings. The van der Waals surface area contributed by atoms with E-state index in [1.165, 1.54) is 5.57 Å². The van der Waals surface area contributed by atoms with Crippen LogP contribution in [0.5, 0.6) is 0 Å². The van der Waals surface area contributed by atoms with E-state index in [9.17, 15) is 24.9 Å². The van der Waals surface area contributed by atoms with Crippen LogP contribution in [0.1, 0.15) is 60.3 Å². The molecule has 1 amide bonds. The lowest BCUT2D eigenvalue weighted by molar-refractivity contribution is -0.148. The van der Waals surface area contributed by atoms with Crippen molar-refractivity contribution in [2.24, 2.45) is 29.1 Å². The summed E-state index contributed by atoms with van der Waals surface area (Å²) in [6.45, 7) is 10.3. The number of carbonyl (C=O) groups is 2. The maximum absolute atomic E-state index is 13.8. The second kappa shape index (κ2) is 8.56. The highest BCUT2D eigenvalue weighted by atomic mass is 16.4. The fraction of sp³-hybridized carbons (Fsp3) is 0.750. The first-order valence-corrected chi connectivity index (χ1v) is 11.2. The summed E-state index contributed by atoms with van der Waals surface area (Å²) in [6, 6.07) is -0.117. The summed E-state index contributed by atoms with van der Waals surface area (Å²) < 4.78 is 0. The van der Waals surface area contributed by atoms with Crippen LogP contribution in [-0.4, -0.2) is 51.4 Å². The smallest absolute Gasteiger partial charge is 0.235 e. The van der Waals surface area contributed by atoms with Gasteiger partial charge in [0.15, 0.2) is 5.78 Å². The molecule has 1 fully saturated rings. The van der Waals surface area contributed by atoms with Gasteiger partial charge in [0, 0.05) is 24.3 Å². The highest BCUT2D eigenvalue weighted by Gasteiger charge is 2.65. The maximum Gasteiger partial charge on any atom is 0.235 e. The Morgan fingerprint density at radius 2 is 1.80 bits per heavy atom. The Labute approximate surface area is 179 Å². The highest BCUT2D eigenvalue weighted by molar-refractivity contribution is 6.09. The summed E-state index contributed by atoms with van der Waals surface area (Å²) in [5.41, 5.74) is 0.834. The molecule has 168 valence electrons. The number of nitrogens with one attached hydrogen (secondary N) is 1. The molecule has 1 spiro atoms. The average Bonchev–Trinajstić information content (AvgIpc) is 2.94. The van der Waals surface area contributed by atoms with Crippen molar-refractivity contribution >= 4 is 11.7 Å². The van der Waals surface area contributed by atoms with Crippen LogP contribution in [0, 0.1) is 29.1 Å². The minimum atomic E-state index is -1.41. The Balaban J connectivity index is 2.18. The number of Topliss-reactive ketones (excluding diaryl/α,β-unsaturated/α-hetero) is 1. The van der Waals surface area contributed by atoms with Gasteiger partial charge in [0.25, 0.3) is 0 Å². The Bertz CT molecular complexity index is 757. The Hall–Kier alpha value is -1.50. The molecule has 0 aromatic rings. The predicted octanol–water partition coefficient (Wildman–Crippen LogP) is 2.13. The summed E-state index contributed by atoms with van der Waals surface area (Å²) in [7, 11) is 0. The van der Waals surface area contributed by atoms with Crippen LogP contribution in [0.25, 0.3) is 0 Å². The molecule has 0 radical (unpaired) electrons. The van der Waals surface area contributed by atoms with Crippen LogP contribution in [0.15, 0.2) is 23.3 Å². The summed E-state index contributed by atoms with van der Waals surface area (Å²) >= 11 is 0. The van der Waals surface area contributed by atoms with Gasteiger partial charge in [-0.15, -0.1) is 0 Å². The monoisotopic (exact) mass is 419 g/mol. The van der Waals surface area contributed by atoms with Crippen molar-refractivity contribution in [3.05, 3.63) is 23.3 Å². The van der Waals surface area contributed by atoms with E-state index >= 15 is 0 Å². The van der Waals surface area contributed by atoms with Gasteiger partial charge >= 0.3 is 0 Å². The lowest BCUT2D eigenvalue weighted by atomic mass is 9.54. The number of aliphatic hydroxyl groups excluding tert-OH is 3. The van der Waals surface area contributed by atoms with Crippen molar-refractivity contribution in [1.82, 2.24) is 5.32 Å². The molecule has 6 heteroatoms. The topological polar surface area (TPSA) is 107 Å². The largest absolute Gasteiger partial charge is 0.390 e. The number of carbonyl (C=O) groups excluding carboxylic acids is 2. The molecule has 2 aliphatic carbocycles. The molecule has 0 saturated carbocycles. The van der Waals surface area contributed by atoms with E-state index < -0.39 is 29.6 Å². The van der Waals surface area contributed by atoms with Gasteiger partial charge in [-0.25, -0.2) is 0 Å². The van der Waals surface area contributed by atoms with Crippen LogP contribution in [-0.2, 0) is 9.59 Å². The zero-order valence-corrected chi connectivity index (χ0v) is 18.8. The first-order chi connectivity index (χ1) is 14.0. The number of rotatable bonds is 2. The van der Waals surface area contributed by atoms with Gasteiger partial charge in [-0.05, 0) is 44.9 Å². The molecule has 1 aliphatic heterocycles. The van der Waals surface area contributed by atoms with E-state index in [2.05, 4.69) is 33.0 Å². The molecule has 8 atom stereocenters. The molecule has 3 rings (SSSR count). The van der Waals surface area contributed by atoms with E-state index in [4.69, 9.17) is 0 Å². The first-order valence-electron chi connectivity index (χ1n) is 11.2. The van der Waals surface area contributed by atoms with Gasteiger partial charge in [-0.2, -0.15) is 0 Å². The fourth-order valence-corrected chi connectivity index (χ4v) is 5.88. The molecule has 0 aromatic heterocycles. The lowest BCUT2D eigenvalue weighted by Crippen LogP contribution is -2.53. The van der Waals surface area contributed by atoms with E-state index in [0.29, 0.717) is 18.8 Å². The fourth-order valence-electron chi connectivity index (χ4n) is 5.88. The highest BCUT2D eigenvalue weighted by Crippen LogP contribution is 2.55. The van der Waals surface area contributed by atoms with Gasteiger partial charge < -0.3 is 20.6 Å². The van der Waals surface area contributed by atoms with E-state index in [1.54, 1.807) is 0 Å². The predicted molar refractivity (Wildman–Crippen MR) is 114 cm³/mol. The van der Waals surface area contributed by atoms with Gasteiger partial charge in [-0.1, -0.05) is 44.1 Å². The van der Waals surface area contributed by atoms with Crippen molar-refractivity contribution in [2.75, 3.05) is 0 Å². The quantitative estimate of drug-likeness (QED) is 0.405. The van der Waals surface area contributed by atoms with E-state index in [1.807, 2.05) is 19.1 Å². The Morgan fingerprint density at radius 1 is 1.13 bits per heavy atom. The van der Waals surface area contributed by atoms with Gasteiger partial charge in [0.1, 0.15) is 11.5 Å². The summed E-state index contributed by atoms with van der Waals surface area (Å²) in [5, 5.41) is 34.3. The molecule has 30 heavy (non-hydrogen) atoms. The summed E-state index contributed by atoms with van der Waals surface area (Å²) in [6.07, 6.45) is 1.35. The van der Waals surface area contributed by atoms with Crippen LogP contribution in [0.4, 0.5) is 0 Å². The standard InChI is InChI=1S/C24H37NO5/c1-12(2)8-17-21-15(5)14(4)10-16-9-13(3)6-7-18(26)22(29)19(27)11-20(28)24(16,21)23(30)25-17/h9-10,12,15-19,21-22,26-27,29H,6-8,11H2,1-5H3,(H,25,30)/b13-9-/t15-,16-,17-,18-,19+,21-,22-,24+/m0/s1. The van der Waals surface area contributed by atoms with Gasteiger partial charge in [-0.3, -0.25) is 9.59 Å². The van der Waals surface area contributed by atoms with Crippen molar-refractivity contribution in [3.63, 3.8) is 0 Å². The number of allylic oxidation sites excluding steroid dienone is 4. The van der Waals surface area contributed by atoms with Crippen LogP contribution >= 0.6 is 0 Å². The van der Waals surface area contributed by atoms with Crippen molar-refractivity contribution in [2.45, 2.75) is 84.7 Å². The number of ketones is 1. The minimum absolute atomic E-state index is 0.0411. The van der Waals surface area contributed by atoms with Crippen LogP contribution < -0.4 is 5.32 Å². The average molecular weight is 420 g/mol. The summed E-state index contributed by atoms with van der Waals surface area (Å²) in [4.78, 5) is 27.3. The number of hydrogen-bond acceptors (Lipinski definition) is 5. The summed E-state index contributed by atoms with van der Waals surface area (Å²) in [5.74, 6) is -0.827. The number of aliphatic hydroxyl groups is 3.